The van der Waals surface area contributed by atoms with Crippen molar-refractivity contribution < 1.29 is 9.90 Å². The summed E-state index contributed by atoms with van der Waals surface area (Å²) in [4.78, 5) is 23.9. The Labute approximate surface area is 126 Å². The molecule has 5 heteroatoms. The summed E-state index contributed by atoms with van der Waals surface area (Å²) in [6, 6.07) is 14.3. The number of aromatic carboxylic acids is 1. The summed E-state index contributed by atoms with van der Waals surface area (Å²) in [5, 5.41) is 14.1. The van der Waals surface area contributed by atoms with Crippen molar-refractivity contribution >= 4 is 16.7 Å². The second-order valence-corrected chi connectivity index (χ2v) is 5.15. The van der Waals surface area contributed by atoms with E-state index in [0.717, 1.165) is 11.1 Å². The molecule has 0 spiro atoms. The number of carbonyl (C=O) groups is 1. The predicted molar refractivity (Wildman–Crippen MR) is 83.2 cm³/mol. The molecule has 1 heterocycles. The van der Waals surface area contributed by atoms with Gasteiger partial charge in [-0.25, -0.2) is 9.48 Å². The van der Waals surface area contributed by atoms with Gasteiger partial charge < -0.3 is 5.11 Å². The summed E-state index contributed by atoms with van der Waals surface area (Å²) < 4.78 is 1.20. The predicted octanol–water partition coefficient (Wildman–Crippen LogP) is 2.45. The number of carboxylic acids is 1. The molecule has 0 aliphatic heterocycles. The normalized spacial score (nSPS) is 10.8. The maximum Gasteiger partial charge on any atom is 0.357 e. The van der Waals surface area contributed by atoms with Gasteiger partial charge in [0.1, 0.15) is 0 Å². The molecule has 22 heavy (non-hydrogen) atoms. The van der Waals surface area contributed by atoms with E-state index in [-0.39, 0.29) is 17.8 Å². The lowest BCUT2D eigenvalue weighted by Crippen LogP contribution is -2.26. The lowest BCUT2D eigenvalue weighted by atomic mass is 10.1. The lowest BCUT2D eigenvalue weighted by Gasteiger charge is -2.09. The Kier molecular flexibility index (Phi) is 3.47. The zero-order valence-electron chi connectivity index (χ0n) is 12.0. The number of benzene rings is 2. The monoisotopic (exact) mass is 294 g/mol. The van der Waals surface area contributed by atoms with Crippen molar-refractivity contribution in [3.05, 3.63) is 75.7 Å². The second kappa shape index (κ2) is 5.44. The van der Waals surface area contributed by atoms with Gasteiger partial charge in [-0.15, -0.1) is 0 Å². The number of carboxylic acid groups (broad SMARTS) is 1. The molecule has 2 aromatic carbocycles. The fourth-order valence-electron chi connectivity index (χ4n) is 2.37. The van der Waals surface area contributed by atoms with Crippen LogP contribution in [-0.4, -0.2) is 20.9 Å². The molecule has 3 rings (SSSR count). The van der Waals surface area contributed by atoms with Crippen LogP contribution in [0.25, 0.3) is 10.8 Å². The molecule has 0 unspecified atom stereocenters. The molecule has 0 saturated carbocycles. The van der Waals surface area contributed by atoms with Crippen LogP contribution < -0.4 is 5.56 Å². The van der Waals surface area contributed by atoms with Crippen LogP contribution in [0.2, 0.25) is 0 Å². The Morgan fingerprint density at radius 1 is 1.09 bits per heavy atom. The molecule has 0 radical (unpaired) electrons. The largest absolute Gasteiger partial charge is 0.476 e. The van der Waals surface area contributed by atoms with Gasteiger partial charge in [-0.05, 0) is 18.6 Å². The minimum Gasteiger partial charge on any atom is -0.476 e. The minimum absolute atomic E-state index is 0.109. The molecule has 110 valence electrons. The SMILES string of the molecule is Cc1ccc(Cn2nc(C(=O)O)c3ccccc3c2=O)cc1. The molecule has 0 saturated heterocycles. The van der Waals surface area contributed by atoms with Crippen molar-refractivity contribution in [1.82, 2.24) is 9.78 Å². The maximum absolute atomic E-state index is 12.5. The molecular formula is C17H14N2O3. The van der Waals surface area contributed by atoms with E-state index in [4.69, 9.17) is 0 Å². The summed E-state index contributed by atoms with van der Waals surface area (Å²) in [5.74, 6) is -1.14. The third kappa shape index (κ3) is 2.48. The van der Waals surface area contributed by atoms with Gasteiger partial charge in [0.2, 0.25) is 0 Å². The summed E-state index contributed by atoms with van der Waals surface area (Å²) in [5.41, 5.74) is 1.61. The van der Waals surface area contributed by atoms with E-state index in [0.29, 0.717) is 10.8 Å². The Morgan fingerprint density at radius 2 is 1.73 bits per heavy atom. The third-order valence-corrected chi connectivity index (χ3v) is 3.52. The van der Waals surface area contributed by atoms with Crippen molar-refractivity contribution in [2.45, 2.75) is 13.5 Å². The van der Waals surface area contributed by atoms with E-state index in [2.05, 4.69) is 5.10 Å². The Balaban J connectivity index is 2.17. The number of nitrogens with zero attached hydrogens (tertiary/aromatic N) is 2. The average molecular weight is 294 g/mol. The summed E-state index contributed by atoms with van der Waals surface area (Å²) in [6.07, 6.45) is 0. The van der Waals surface area contributed by atoms with Crippen LogP contribution in [0.5, 0.6) is 0 Å². The Bertz CT molecular complexity index is 911. The molecule has 1 N–H and O–H groups in total. The first kappa shape index (κ1) is 14.0. The first-order valence-corrected chi connectivity index (χ1v) is 6.85. The number of aryl methyl sites for hydroxylation is 1. The molecule has 0 aliphatic carbocycles. The lowest BCUT2D eigenvalue weighted by molar-refractivity contribution is 0.0690. The van der Waals surface area contributed by atoms with Crippen molar-refractivity contribution in [3.63, 3.8) is 0 Å². The molecular weight excluding hydrogens is 280 g/mol. The summed E-state index contributed by atoms with van der Waals surface area (Å²) in [6.45, 7) is 2.22. The van der Waals surface area contributed by atoms with Crippen molar-refractivity contribution in [2.24, 2.45) is 0 Å². The first-order chi connectivity index (χ1) is 10.6. The molecule has 1 aromatic heterocycles. The number of rotatable bonds is 3. The van der Waals surface area contributed by atoms with Crippen LogP contribution >= 0.6 is 0 Å². The fourth-order valence-corrected chi connectivity index (χ4v) is 2.37. The van der Waals surface area contributed by atoms with Crippen LogP contribution in [0.1, 0.15) is 21.6 Å². The summed E-state index contributed by atoms with van der Waals surface area (Å²) >= 11 is 0. The highest BCUT2D eigenvalue weighted by Crippen LogP contribution is 2.14. The average Bonchev–Trinajstić information content (AvgIpc) is 2.52. The van der Waals surface area contributed by atoms with E-state index < -0.39 is 5.97 Å². The molecule has 3 aromatic rings. The van der Waals surface area contributed by atoms with Gasteiger partial charge in [0.05, 0.1) is 11.9 Å². The number of hydrogen-bond acceptors (Lipinski definition) is 3. The van der Waals surface area contributed by atoms with Gasteiger partial charge in [-0.3, -0.25) is 4.79 Å². The zero-order valence-corrected chi connectivity index (χ0v) is 12.0. The first-order valence-electron chi connectivity index (χ1n) is 6.85. The molecule has 0 aliphatic rings. The third-order valence-electron chi connectivity index (χ3n) is 3.52. The van der Waals surface area contributed by atoms with Crippen LogP contribution in [0.15, 0.2) is 53.3 Å². The van der Waals surface area contributed by atoms with Crippen molar-refractivity contribution in [1.29, 1.82) is 0 Å². The number of aromatic nitrogens is 2. The van der Waals surface area contributed by atoms with Gasteiger partial charge in [-0.1, -0.05) is 48.0 Å². The van der Waals surface area contributed by atoms with E-state index in [1.54, 1.807) is 24.3 Å². The van der Waals surface area contributed by atoms with Gasteiger partial charge >= 0.3 is 5.97 Å². The topological polar surface area (TPSA) is 72.2 Å². The van der Waals surface area contributed by atoms with Gasteiger partial charge in [0.15, 0.2) is 5.69 Å². The van der Waals surface area contributed by atoms with E-state index in [1.165, 1.54) is 4.68 Å². The Hall–Kier alpha value is -2.95. The molecule has 0 amide bonds. The van der Waals surface area contributed by atoms with Crippen LogP contribution in [0.3, 0.4) is 0 Å². The fraction of sp³-hybridized carbons (Fsp3) is 0.118. The Morgan fingerprint density at radius 3 is 2.36 bits per heavy atom. The van der Waals surface area contributed by atoms with E-state index >= 15 is 0 Å². The molecule has 0 fully saturated rings. The van der Waals surface area contributed by atoms with Crippen LogP contribution in [0.4, 0.5) is 0 Å². The van der Waals surface area contributed by atoms with Gasteiger partial charge in [0, 0.05) is 5.39 Å². The smallest absolute Gasteiger partial charge is 0.357 e. The van der Waals surface area contributed by atoms with Gasteiger partial charge in [-0.2, -0.15) is 5.10 Å². The molecule has 0 atom stereocenters. The highest BCUT2D eigenvalue weighted by molar-refractivity contribution is 6.01. The zero-order chi connectivity index (χ0) is 15.7. The maximum atomic E-state index is 12.5. The van der Waals surface area contributed by atoms with Gasteiger partial charge in [0.25, 0.3) is 5.56 Å². The van der Waals surface area contributed by atoms with Crippen LogP contribution in [0, 0.1) is 6.92 Å². The van der Waals surface area contributed by atoms with E-state index in [1.807, 2.05) is 31.2 Å². The molecule has 0 bridgehead atoms. The van der Waals surface area contributed by atoms with E-state index in [9.17, 15) is 14.7 Å². The minimum atomic E-state index is -1.14. The quantitative estimate of drug-likeness (QED) is 0.805. The van der Waals surface area contributed by atoms with Crippen molar-refractivity contribution in [2.75, 3.05) is 0 Å². The standard InChI is InChI=1S/C17H14N2O3/c1-11-6-8-12(9-7-11)10-19-16(20)14-5-3-2-4-13(14)15(18-19)17(21)22/h2-9H,10H2,1H3,(H,21,22). The summed E-state index contributed by atoms with van der Waals surface area (Å²) in [7, 11) is 0. The number of hydrogen-bond donors (Lipinski definition) is 1. The molecule has 5 nitrogen and oxygen atoms in total. The highest BCUT2D eigenvalue weighted by atomic mass is 16.4. The highest BCUT2D eigenvalue weighted by Gasteiger charge is 2.15. The van der Waals surface area contributed by atoms with Crippen molar-refractivity contribution in [3.8, 4) is 0 Å². The number of fused-ring (bicyclic) bond motifs is 1. The second-order valence-electron chi connectivity index (χ2n) is 5.15. The van der Waals surface area contributed by atoms with Crippen LogP contribution in [-0.2, 0) is 6.54 Å².